The van der Waals surface area contributed by atoms with Gasteiger partial charge in [0, 0.05) is 5.56 Å². The number of rotatable bonds is 4. The summed E-state index contributed by atoms with van der Waals surface area (Å²) in [5, 5.41) is 18.9. The highest BCUT2D eigenvalue weighted by atomic mass is 19.4. The van der Waals surface area contributed by atoms with Crippen LogP contribution >= 0.6 is 0 Å². The zero-order valence-corrected chi connectivity index (χ0v) is 23.0. The van der Waals surface area contributed by atoms with Crippen LogP contribution < -0.4 is 0 Å². The van der Waals surface area contributed by atoms with E-state index in [0.717, 1.165) is 12.1 Å². The summed E-state index contributed by atoms with van der Waals surface area (Å²) in [6.07, 6.45) is -17.2. The van der Waals surface area contributed by atoms with Gasteiger partial charge >= 0.3 is 30.6 Å². The van der Waals surface area contributed by atoms with Crippen molar-refractivity contribution in [1.29, 1.82) is 10.5 Å². The largest absolute Gasteiger partial charge is 0.553 e. The maximum Gasteiger partial charge on any atom is 0.553 e. The van der Waals surface area contributed by atoms with Gasteiger partial charge in [0.15, 0.2) is 11.2 Å². The van der Waals surface area contributed by atoms with Crippen LogP contribution in [0, 0.1) is 42.7 Å². The van der Waals surface area contributed by atoms with Gasteiger partial charge in [-0.05, 0) is 42.3 Å². The second-order valence-electron chi connectivity index (χ2n) is 9.82. The Balaban J connectivity index is 2.04. The molecule has 5 aromatic rings. The van der Waals surface area contributed by atoms with Crippen LogP contribution in [0.2, 0.25) is 0 Å². The highest BCUT2D eigenvalue weighted by Crippen LogP contribution is 2.50. The molecule has 0 saturated carbocycles. The SMILES string of the molecule is [C-]#[N+]C([N+]#[C-])c1nc2c(-c3ccc(C(F)(F)F)cc3C(F)(F)F)c3oc(C(C#N)C#N)nc3c(-c3ccc(C(F)(F)F)cc3C)c2o1. The van der Waals surface area contributed by atoms with Crippen molar-refractivity contribution in [3.8, 4) is 34.4 Å². The second-order valence-corrected chi connectivity index (χ2v) is 9.82. The van der Waals surface area contributed by atoms with Gasteiger partial charge < -0.3 is 8.83 Å². The van der Waals surface area contributed by atoms with Gasteiger partial charge in [-0.15, -0.1) is 0 Å². The topological polar surface area (TPSA) is 108 Å². The summed E-state index contributed by atoms with van der Waals surface area (Å²) < 4.78 is 136. The summed E-state index contributed by atoms with van der Waals surface area (Å²) in [5.74, 6) is -3.07. The molecule has 0 radical (unpaired) electrons. The molecule has 0 aliphatic rings. The lowest BCUT2D eigenvalue weighted by Crippen LogP contribution is -2.12. The number of nitriles is 2. The maximum atomic E-state index is 14.4. The van der Waals surface area contributed by atoms with Crippen molar-refractivity contribution in [3.05, 3.63) is 93.3 Å². The van der Waals surface area contributed by atoms with Crippen LogP contribution in [0.4, 0.5) is 39.5 Å². The van der Waals surface area contributed by atoms with Gasteiger partial charge in [-0.3, -0.25) is 0 Å². The molecule has 0 amide bonds. The monoisotopic (exact) mass is 658 g/mol. The number of halogens is 9. The number of aromatic nitrogens is 2. The summed E-state index contributed by atoms with van der Waals surface area (Å²) in [6, 6.07) is 6.20. The van der Waals surface area contributed by atoms with Crippen molar-refractivity contribution >= 4 is 22.2 Å². The molecule has 0 saturated heterocycles. The van der Waals surface area contributed by atoms with Gasteiger partial charge in [0.2, 0.25) is 11.8 Å². The fourth-order valence-electron chi connectivity index (χ4n) is 4.87. The molecule has 17 heteroatoms. The van der Waals surface area contributed by atoms with Crippen molar-refractivity contribution < 1.29 is 48.3 Å². The van der Waals surface area contributed by atoms with E-state index >= 15 is 0 Å². The van der Waals surface area contributed by atoms with Crippen molar-refractivity contribution in [2.24, 2.45) is 0 Å². The summed E-state index contributed by atoms with van der Waals surface area (Å²) in [6.45, 7) is 15.9. The zero-order valence-electron chi connectivity index (χ0n) is 23.0. The molecule has 236 valence electrons. The van der Waals surface area contributed by atoms with Crippen LogP contribution in [-0.4, -0.2) is 9.97 Å². The van der Waals surface area contributed by atoms with Gasteiger partial charge in [-0.1, -0.05) is 12.1 Å². The molecule has 0 aliphatic carbocycles. The molecular formula is C30H11F9N6O2. The molecule has 5 rings (SSSR count). The van der Waals surface area contributed by atoms with E-state index in [9.17, 15) is 50.0 Å². The molecule has 0 aliphatic heterocycles. The Bertz CT molecular complexity index is 2140. The number of oxazole rings is 2. The third-order valence-electron chi connectivity index (χ3n) is 6.93. The maximum absolute atomic E-state index is 14.4. The standard InChI is InChI=1S/C30H11F9N6O2/c1-12-8-14(28(31,32)33)4-6-16(12)19-21-24(46-26(44-21)13(10-40)11-41)20(22-23(19)47-27(45-22)25(42-2)43-3)17-7-5-15(29(34,35)36)9-18(17)30(37,38)39/h4-9,13,25H,1H3. The Morgan fingerprint density at radius 3 is 1.64 bits per heavy atom. The average Bonchev–Trinajstić information content (AvgIpc) is 3.61. The number of fused-ring (bicyclic) bond motifs is 2. The second kappa shape index (κ2) is 11.1. The van der Waals surface area contributed by atoms with Gasteiger partial charge in [0.25, 0.3) is 0 Å². The lowest BCUT2D eigenvalue weighted by Gasteiger charge is -2.17. The first kappa shape index (κ1) is 32.3. The third-order valence-corrected chi connectivity index (χ3v) is 6.93. The van der Waals surface area contributed by atoms with Gasteiger partial charge in [-0.25, -0.2) is 27.8 Å². The first-order valence-corrected chi connectivity index (χ1v) is 12.7. The molecule has 0 unspecified atom stereocenters. The Morgan fingerprint density at radius 2 is 1.17 bits per heavy atom. The van der Waals surface area contributed by atoms with Crippen LogP contribution in [0.15, 0.2) is 45.2 Å². The third kappa shape index (κ3) is 5.53. The molecule has 3 aromatic carbocycles. The fourth-order valence-corrected chi connectivity index (χ4v) is 4.87. The number of alkyl halides is 9. The highest BCUT2D eigenvalue weighted by molar-refractivity contribution is 6.16. The predicted octanol–water partition coefficient (Wildman–Crippen LogP) is 9.64. The number of benzene rings is 3. The molecule has 0 atom stereocenters. The minimum absolute atomic E-state index is 0.0711. The first-order valence-electron chi connectivity index (χ1n) is 12.7. The van der Waals surface area contributed by atoms with Gasteiger partial charge in [0.1, 0.15) is 11.0 Å². The van der Waals surface area contributed by atoms with Crippen molar-refractivity contribution in [1.82, 2.24) is 9.97 Å². The minimum Gasteiger partial charge on any atom is -0.437 e. The first-order chi connectivity index (χ1) is 21.9. The average molecular weight is 658 g/mol. The smallest absolute Gasteiger partial charge is 0.437 e. The van der Waals surface area contributed by atoms with E-state index in [4.69, 9.17) is 22.0 Å². The molecule has 0 spiro atoms. The lowest BCUT2D eigenvalue weighted by molar-refractivity contribution is -0.143. The minimum atomic E-state index is -5.43. The number of nitrogens with zero attached hydrogens (tertiary/aromatic N) is 6. The Morgan fingerprint density at radius 1 is 0.702 bits per heavy atom. The quantitative estimate of drug-likeness (QED) is 0.141. The van der Waals surface area contributed by atoms with Gasteiger partial charge in [0.05, 0.1) is 40.0 Å². The number of hydrogen-bond acceptors (Lipinski definition) is 6. The van der Waals surface area contributed by atoms with E-state index in [2.05, 4.69) is 19.7 Å². The summed E-state index contributed by atoms with van der Waals surface area (Å²) in [5.41, 5.74) is -8.81. The van der Waals surface area contributed by atoms with E-state index in [1.165, 1.54) is 6.92 Å². The van der Waals surface area contributed by atoms with Gasteiger partial charge in [-0.2, -0.15) is 55.0 Å². The van der Waals surface area contributed by atoms with Crippen molar-refractivity contribution in [2.45, 2.75) is 37.5 Å². The van der Waals surface area contributed by atoms with Crippen LogP contribution in [-0.2, 0) is 18.5 Å². The number of hydrogen-bond donors (Lipinski definition) is 0. The van der Waals surface area contributed by atoms with E-state index in [1.807, 2.05) is 0 Å². The molecule has 2 heterocycles. The Labute approximate surface area is 256 Å². The van der Waals surface area contributed by atoms with E-state index < -0.39 is 92.4 Å². The molecule has 0 bridgehead atoms. The van der Waals surface area contributed by atoms with E-state index in [0.29, 0.717) is 18.2 Å². The Hall–Kier alpha value is -6.07. The normalized spacial score (nSPS) is 12.3. The molecular weight excluding hydrogens is 647 g/mol. The molecule has 2 aromatic heterocycles. The van der Waals surface area contributed by atoms with Crippen LogP contribution in [0.1, 0.15) is 46.1 Å². The molecule has 47 heavy (non-hydrogen) atoms. The van der Waals surface area contributed by atoms with Crippen LogP contribution in [0.25, 0.3) is 54.1 Å². The van der Waals surface area contributed by atoms with E-state index in [1.54, 1.807) is 12.1 Å². The predicted molar refractivity (Wildman–Crippen MR) is 142 cm³/mol. The molecule has 0 N–H and O–H groups in total. The summed E-state index contributed by atoms with van der Waals surface area (Å²) in [7, 11) is 0. The molecule has 8 nitrogen and oxygen atoms in total. The Kier molecular flexibility index (Phi) is 7.62. The fraction of sp³-hybridized carbons (Fsp3) is 0.200. The number of aryl methyl sites for hydroxylation is 1. The lowest BCUT2D eigenvalue weighted by atomic mass is 9.91. The summed E-state index contributed by atoms with van der Waals surface area (Å²) >= 11 is 0. The van der Waals surface area contributed by atoms with Crippen LogP contribution in [0.3, 0.4) is 0 Å². The van der Waals surface area contributed by atoms with E-state index in [-0.39, 0.29) is 22.8 Å². The summed E-state index contributed by atoms with van der Waals surface area (Å²) in [4.78, 5) is 14.3. The van der Waals surface area contributed by atoms with Crippen molar-refractivity contribution in [2.75, 3.05) is 0 Å². The highest BCUT2D eigenvalue weighted by Gasteiger charge is 2.41. The molecule has 0 fully saturated rings. The van der Waals surface area contributed by atoms with Crippen molar-refractivity contribution in [3.63, 3.8) is 0 Å². The van der Waals surface area contributed by atoms with Crippen LogP contribution in [0.5, 0.6) is 0 Å². The zero-order chi connectivity index (χ0) is 34.6.